The molecule has 1 aliphatic carbocycles. The molecule has 0 aromatic heterocycles. The van der Waals surface area contributed by atoms with Crippen molar-refractivity contribution in [2.24, 2.45) is 0 Å². The number of likely N-dealkylation sites (N-methyl/N-ethyl adjacent to an activating group) is 1. The molecule has 0 saturated carbocycles. The SMILES string of the molecule is Cc1cccc2c1C1(CCC2=O)CCC(=O)N(C)C1=O. The normalized spacial score (nSPS) is 26.1. The van der Waals surface area contributed by atoms with Gasteiger partial charge in [0.1, 0.15) is 0 Å². The smallest absolute Gasteiger partial charge is 0.239 e. The van der Waals surface area contributed by atoms with Crippen LogP contribution in [-0.4, -0.2) is 29.5 Å². The molecule has 20 heavy (non-hydrogen) atoms. The number of hydrogen-bond acceptors (Lipinski definition) is 3. The van der Waals surface area contributed by atoms with Gasteiger partial charge in [-0.15, -0.1) is 0 Å². The maximum absolute atomic E-state index is 12.7. The van der Waals surface area contributed by atoms with Crippen molar-refractivity contribution in [2.75, 3.05) is 7.05 Å². The first-order valence-electron chi connectivity index (χ1n) is 6.92. The van der Waals surface area contributed by atoms with Crippen LogP contribution in [0.2, 0.25) is 0 Å². The summed E-state index contributed by atoms with van der Waals surface area (Å²) in [5, 5.41) is 0. The van der Waals surface area contributed by atoms with Crippen LogP contribution < -0.4 is 0 Å². The van der Waals surface area contributed by atoms with Gasteiger partial charge in [0.25, 0.3) is 0 Å². The number of carbonyl (C=O) groups excluding carboxylic acids is 3. The molecule has 0 bridgehead atoms. The van der Waals surface area contributed by atoms with Crippen LogP contribution in [0.3, 0.4) is 0 Å². The third-order valence-corrected chi connectivity index (χ3v) is 4.68. The van der Waals surface area contributed by atoms with Crippen molar-refractivity contribution in [1.82, 2.24) is 4.90 Å². The number of rotatable bonds is 0. The van der Waals surface area contributed by atoms with Crippen molar-refractivity contribution in [3.8, 4) is 0 Å². The summed E-state index contributed by atoms with van der Waals surface area (Å²) in [7, 11) is 1.54. The van der Waals surface area contributed by atoms with Crippen LogP contribution in [0.4, 0.5) is 0 Å². The topological polar surface area (TPSA) is 54.5 Å². The molecule has 1 unspecified atom stereocenters. The lowest BCUT2D eigenvalue weighted by molar-refractivity contribution is -0.152. The van der Waals surface area contributed by atoms with Gasteiger partial charge in [0.05, 0.1) is 5.41 Å². The molecule has 1 saturated heterocycles. The molecular weight excluding hydrogens is 254 g/mol. The fourth-order valence-corrected chi connectivity index (χ4v) is 3.62. The van der Waals surface area contributed by atoms with Crippen LogP contribution in [0.5, 0.6) is 0 Å². The maximum Gasteiger partial charge on any atom is 0.239 e. The van der Waals surface area contributed by atoms with Gasteiger partial charge in [-0.2, -0.15) is 0 Å². The first-order chi connectivity index (χ1) is 9.47. The van der Waals surface area contributed by atoms with E-state index in [0.29, 0.717) is 31.2 Å². The number of nitrogens with zero attached hydrogens (tertiary/aromatic N) is 1. The maximum atomic E-state index is 12.7. The van der Waals surface area contributed by atoms with E-state index in [1.54, 1.807) is 13.1 Å². The molecule has 0 radical (unpaired) electrons. The number of aryl methyl sites for hydroxylation is 1. The van der Waals surface area contributed by atoms with Crippen molar-refractivity contribution >= 4 is 17.6 Å². The molecule has 4 heteroatoms. The monoisotopic (exact) mass is 271 g/mol. The lowest BCUT2D eigenvalue weighted by Crippen LogP contribution is -2.54. The summed E-state index contributed by atoms with van der Waals surface area (Å²) in [6, 6.07) is 5.59. The number of amides is 2. The fourth-order valence-electron chi connectivity index (χ4n) is 3.62. The summed E-state index contributed by atoms with van der Waals surface area (Å²) in [4.78, 5) is 37.8. The third-order valence-electron chi connectivity index (χ3n) is 4.68. The van der Waals surface area contributed by atoms with E-state index in [1.807, 2.05) is 19.1 Å². The van der Waals surface area contributed by atoms with Crippen LogP contribution in [0.1, 0.15) is 47.2 Å². The summed E-state index contributed by atoms with van der Waals surface area (Å²) in [5.74, 6) is -0.189. The number of piperidine rings is 1. The van der Waals surface area contributed by atoms with Gasteiger partial charge >= 0.3 is 0 Å². The number of carbonyl (C=O) groups is 3. The molecule has 2 aliphatic rings. The average molecular weight is 271 g/mol. The molecule has 0 N–H and O–H groups in total. The van der Waals surface area contributed by atoms with E-state index in [2.05, 4.69) is 0 Å². The van der Waals surface area contributed by atoms with E-state index in [0.717, 1.165) is 11.1 Å². The molecule has 4 nitrogen and oxygen atoms in total. The highest BCUT2D eigenvalue weighted by molar-refractivity contribution is 6.08. The van der Waals surface area contributed by atoms with Gasteiger partial charge < -0.3 is 0 Å². The Morgan fingerprint density at radius 1 is 1.10 bits per heavy atom. The van der Waals surface area contributed by atoms with Crippen molar-refractivity contribution < 1.29 is 14.4 Å². The zero-order valence-electron chi connectivity index (χ0n) is 11.7. The van der Waals surface area contributed by atoms with E-state index in [4.69, 9.17) is 0 Å². The zero-order chi connectivity index (χ0) is 14.5. The predicted molar refractivity (Wildman–Crippen MR) is 73.4 cm³/mol. The number of ketones is 1. The van der Waals surface area contributed by atoms with Crippen molar-refractivity contribution in [2.45, 2.75) is 38.0 Å². The second-order valence-electron chi connectivity index (χ2n) is 5.76. The van der Waals surface area contributed by atoms with Crippen LogP contribution >= 0.6 is 0 Å². The van der Waals surface area contributed by atoms with Gasteiger partial charge in [0.2, 0.25) is 11.8 Å². The van der Waals surface area contributed by atoms with Crippen LogP contribution in [0.25, 0.3) is 0 Å². The molecule has 1 spiro atoms. The summed E-state index contributed by atoms with van der Waals surface area (Å²) in [5.41, 5.74) is 1.79. The van der Waals surface area contributed by atoms with E-state index < -0.39 is 5.41 Å². The van der Waals surface area contributed by atoms with Crippen LogP contribution in [-0.2, 0) is 15.0 Å². The minimum Gasteiger partial charge on any atom is -0.294 e. The first kappa shape index (κ1) is 13.0. The van der Waals surface area contributed by atoms with Crippen LogP contribution in [0.15, 0.2) is 18.2 Å². The van der Waals surface area contributed by atoms with E-state index >= 15 is 0 Å². The quantitative estimate of drug-likeness (QED) is 0.678. The average Bonchev–Trinajstić information content (AvgIpc) is 2.44. The Labute approximate surface area is 117 Å². The molecule has 2 amide bonds. The molecule has 1 aliphatic heterocycles. The summed E-state index contributed by atoms with van der Waals surface area (Å²) in [6.07, 6.45) is 1.77. The molecule has 1 aromatic rings. The number of imide groups is 1. The Balaban J connectivity index is 2.22. The molecule has 1 fully saturated rings. The van der Waals surface area contributed by atoms with Crippen molar-refractivity contribution in [1.29, 1.82) is 0 Å². The minimum atomic E-state index is -0.683. The van der Waals surface area contributed by atoms with Gasteiger partial charge in [-0.05, 0) is 30.9 Å². The Kier molecular flexibility index (Phi) is 2.78. The van der Waals surface area contributed by atoms with Crippen LogP contribution in [0, 0.1) is 6.92 Å². The number of likely N-dealkylation sites (tertiary alicyclic amines) is 1. The summed E-state index contributed by atoms with van der Waals surface area (Å²) >= 11 is 0. The summed E-state index contributed by atoms with van der Waals surface area (Å²) in [6.45, 7) is 1.93. The second kappa shape index (κ2) is 4.27. The lowest BCUT2D eigenvalue weighted by atomic mass is 9.63. The standard InChI is InChI=1S/C16H17NO3/c1-10-4-3-5-11-12(18)6-8-16(14(10)11)9-7-13(19)17(2)15(16)20/h3-5H,6-9H2,1-2H3. The number of hydrogen-bond donors (Lipinski definition) is 0. The highest BCUT2D eigenvalue weighted by Crippen LogP contribution is 2.45. The molecule has 1 atom stereocenters. The molecule has 104 valence electrons. The lowest BCUT2D eigenvalue weighted by Gasteiger charge is -2.43. The Hall–Kier alpha value is -1.97. The first-order valence-corrected chi connectivity index (χ1v) is 6.92. The number of benzene rings is 1. The van der Waals surface area contributed by atoms with Gasteiger partial charge in [-0.3, -0.25) is 19.3 Å². The number of Topliss-reactive ketones (excluding diaryl/α,β-unsaturated/α-hetero) is 1. The highest BCUT2D eigenvalue weighted by atomic mass is 16.2. The summed E-state index contributed by atoms with van der Waals surface area (Å²) < 4.78 is 0. The van der Waals surface area contributed by atoms with E-state index in [9.17, 15) is 14.4 Å². The highest BCUT2D eigenvalue weighted by Gasteiger charge is 2.51. The van der Waals surface area contributed by atoms with Crippen molar-refractivity contribution in [3.05, 3.63) is 34.9 Å². The Bertz CT molecular complexity index is 635. The Morgan fingerprint density at radius 2 is 1.80 bits per heavy atom. The molecule has 3 rings (SSSR count). The molecule has 1 aromatic carbocycles. The zero-order valence-corrected chi connectivity index (χ0v) is 11.7. The Morgan fingerprint density at radius 3 is 2.55 bits per heavy atom. The second-order valence-corrected chi connectivity index (χ2v) is 5.76. The fraction of sp³-hybridized carbons (Fsp3) is 0.438. The van der Waals surface area contributed by atoms with E-state index in [1.165, 1.54) is 4.90 Å². The van der Waals surface area contributed by atoms with Crippen molar-refractivity contribution in [3.63, 3.8) is 0 Å². The minimum absolute atomic E-state index is 0.0988. The number of fused-ring (bicyclic) bond motifs is 2. The largest absolute Gasteiger partial charge is 0.294 e. The van der Waals surface area contributed by atoms with E-state index in [-0.39, 0.29) is 17.6 Å². The molecular formula is C16H17NO3. The van der Waals surface area contributed by atoms with Gasteiger partial charge in [0.15, 0.2) is 5.78 Å². The van der Waals surface area contributed by atoms with Gasteiger partial charge in [-0.25, -0.2) is 0 Å². The third kappa shape index (κ3) is 1.57. The van der Waals surface area contributed by atoms with Gasteiger partial charge in [0, 0.05) is 25.5 Å². The van der Waals surface area contributed by atoms with Gasteiger partial charge in [-0.1, -0.05) is 18.2 Å². The predicted octanol–water partition coefficient (Wildman–Crippen LogP) is 1.99. The molecule has 1 heterocycles.